The number of nitrogens with zero attached hydrogens (tertiary/aromatic N) is 4. The molecule has 1 amide bonds. The Labute approximate surface area is 210 Å². The first-order valence-corrected chi connectivity index (χ1v) is 13.1. The Morgan fingerprint density at radius 1 is 1.03 bits per heavy atom. The first-order chi connectivity index (χ1) is 17.0. The minimum atomic E-state index is -0.00935. The first kappa shape index (κ1) is 24.7. The zero-order valence-electron chi connectivity index (χ0n) is 20.5. The van der Waals surface area contributed by atoms with Crippen molar-refractivity contribution in [3.05, 3.63) is 66.4 Å². The van der Waals surface area contributed by atoms with Crippen LogP contribution >= 0.6 is 11.8 Å². The van der Waals surface area contributed by atoms with E-state index in [0.29, 0.717) is 19.5 Å². The van der Waals surface area contributed by atoms with Crippen LogP contribution in [0.2, 0.25) is 0 Å². The molecule has 0 saturated heterocycles. The molecular weight excluding hydrogens is 456 g/mol. The van der Waals surface area contributed by atoms with Gasteiger partial charge in [-0.1, -0.05) is 73.3 Å². The number of hydrogen-bond donors (Lipinski definition) is 2. The van der Waals surface area contributed by atoms with Crippen LogP contribution in [-0.4, -0.2) is 44.0 Å². The van der Waals surface area contributed by atoms with E-state index < -0.39 is 0 Å². The van der Waals surface area contributed by atoms with E-state index >= 15 is 0 Å². The van der Waals surface area contributed by atoms with Gasteiger partial charge >= 0.3 is 0 Å². The highest BCUT2D eigenvalue weighted by molar-refractivity contribution is 7.99. The normalized spacial score (nSPS) is 11.2. The fraction of sp³-hybridized carbons (Fsp3) is 0.333. The summed E-state index contributed by atoms with van der Waals surface area (Å²) in [5, 5.41) is 12.6. The van der Waals surface area contributed by atoms with Crippen molar-refractivity contribution in [2.45, 2.75) is 51.4 Å². The molecule has 2 aromatic heterocycles. The van der Waals surface area contributed by atoms with Crippen LogP contribution in [0.25, 0.3) is 22.2 Å². The third kappa shape index (κ3) is 6.60. The average molecular weight is 489 g/mol. The molecule has 2 N–H and O–H groups in total. The first-order valence-electron chi connectivity index (χ1n) is 12.1. The number of aromatic nitrogens is 4. The van der Waals surface area contributed by atoms with Gasteiger partial charge in [0.1, 0.15) is 5.82 Å². The fourth-order valence-corrected chi connectivity index (χ4v) is 4.43. The second-order valence-corrected chi connectivity index (χ2v) is 9.76. The maximum atomic E-state index is 12.5. The predicted octanol–water partition coefficient (Wildman–Crippen LogP) is 5.17. The maximum absolute atomic E-state index is 12.5. The molecule has 0 saturated carbocycles. The molecule has 0 atom stereocenters. The molecule has 0 aliphatic heterocycles. The second kappa shape index (κ2) is 11.8. The standard InChI is InChI=1S/C27H32N6OS/c1-4-16-35-27-31-25(30-19(2)3)23-18-29-33(26(23)32-27)15-14-28-24(34)17-20-10-12-22(13-11-20)21-8-6-5-7-9-21/h5-13,18-19H,4,14-17H2,1-3H3,(H,28,34)(H,30,31,32). The van der Waals surface area contributed by atoms with Gasteiger partial charge < -0.3 is 10.6 Å². The molecule has 8 heteroatoms. The monoisotopic (exact) mass is 488 g/mol. The Bertz CT molecular complexity index is 1250. The number of benzene rings is 2. The minimum Gasteiger partial charge on any atom is -0.367 e. The molecular formula is C27H32N6OS. The zero-order valence-corrected chi connectivity index (χ0v) is 21.3. The topological polar surface area (TPSA) is 84.7 Å². The van der Waals surface area contributed by atoms with Gasteiger partial charge in [0.05, 0.1) is 24.5 Å². The van der Waals surface area contributed by atoms with E-state index in [1.807, 2.05) is 35.0 Å². The fourth-order valence-electron chi connectivity index (χ4n) is 3.74. The predicted molar refractivity (Wildman–Crippen MR) is 144 cm³/mol. The summed E-state index contributed by atoms with van der Waals surface area (Å²) in [6.45, 7) is 7.33. The number of carbonyl (C=O) groups is 1. The van der Waals surface area contributed by atoms with Crippen LogP contribution < -0.4 is 10.6 Å². The summed E-state index contributed by atoms with van der Waals surface area (Å²) in [7, 11) is 0. The molecule has 2 heterocycles. The number of rotatable bonds is 11. The number of hydrogen-bond acceptors (Lipinski definition) is 6. The third-order valence-electron chi connectivity index (χ3n) is 5.41. The number of amides is 1. The van der Waals surface area contributed by atoms with Crippen LogP contribution in [-0.2, 0) is 17.8 Å². The summed E-state index contributed by atoms with van der Waals surface area (Å²) in [5.74, 6) is 1.76. The summed E-state index contributed by atoms with van der Waals surface area (Å²) >= 11 is 1.64. The van der Waals surface area contributed by atoms with Gasteiger partial charge in [-0.25, -0.2) is 14.6 Å². The molecule has 0 aliphatic rings. The van der Waals surface area contributed by atoms with Gasteiger partial charge in [-0.2, -0.15) is 5.10 Å². The minimum absolute atomic E-state index is 0.00935. The van der Waals surface area contributed by atoms with Crippen molar-refractivity contribution in [3.63, 3.8) is 0 Å². The van der Waals surface area contributed by atoms with Crippen molar-refractivity contribution in [2.75, 3.05) is 17.6 Å². The molecule has 0 radical (unpaired) electrons. The smallest absolute Gasteiger partial charge is 0.224 e. The van der Waals surface area contributed by atoms with Gasteiger partial charge in [0, 0.05) is 18.3 Å². The molecule has 35 heavy (non-hydrogen) atoms. The van der Waals surface area contributed by atoms with Gasteiger partial charge in [0.25, 0.3) is 0 Å². The Balaban J connectivity index is 1.37. The third-order valence-corrected chi connectivity index (χ3v) is 6.46. The summed E-state index contributed by atoms with van der Waals surface area (Å²) in [4.78, 5) is 22.0. The Kier molecular flexibility index (Phi) is 8.36. The second-order valence-electron chi connectivity index (χ2n) is 8.70. The largest absolute Gasteiger partial charge is 0.367 e. The van der Waals surface area contributed by atoms with E-state index in [1.54, 1.807) is 18.0 Å². The van der Waals surface area contributed by atoms with Gasteiger partial charge in [-0.05, 0) is 37.0 Å². The highest BCUT2D eigenvalue weighted by Gasteiger charge is 2.14. The van der Waals surface area contributed by atoms with E-state index in [2.05, 4.69) is 60.8 Å². The van der Waals surface area contributed by atoms with Crippen molar-refractivity contribution < 1.29 is 4.79 Å². The van der Waals surface area contributed by atoms with E-state index in [9.17, 15) is 4.79 Å². The summed E-state index contributed by atoms with van der Waals surface area (Å²) < 4.78 is 1.84. The molecule has 0 spiro atoms. The average Bonchev–Trinajstić information content (AvgIpc) is 3.26. The molecule has 182 valence electrons. The molecule has 0 bridgehead atoms. The number of carbonyl (C=O) groups excluding carboxylic acids is 1. The lowest BCUT2D eigenvalue weighted by molar-refractivity contribution is -0.120. The Morgan fingerprint density at radius 3 is 2.49 bits per heavy atom. The molecule has 0 aliphatic carbocycles. The van der Waals surface area contributed by atoms with Gasteiger partial charge in [0.2, 0.25) is 5.91 Å². The van der Waals surface area contributed by atoms with Crippen LogP contribution in [0.15, 0.2) is 66.0 Å². The van der Waals surface area contributed by atoms with Crippen LogP contribution in [0, 0.1) is 0 Å². The van der Waals surface area contributed by atoms with Crippen molar-refractivity contribution in [1.29, 1.82) is 0 Å². The van der Waals surface area contributed by atoms with Crippen molar-refractivity contribution >= 4 is 34.5 Å². The van der Waals surface area contributed by atoms with Gasteiger partial charge in [-0.15, -0.1) is 0 Å². The lowest BCUT2D eigenvalue weighted by Crippen LogP contribution is -2.28. The molecule has 0 unspecified atom stereocenters. The van der Waals surface area contributed by atoms with Gasteiger partial charge in [0.15, 0.2) is 10.8 Å². The summed E-state index contributed by atoms with van der Waals surface area (Å²) in [5.41, 5.74) is 4.08. The summed E-state index contributed by atoms with van der Waals surface area (Å²) in [6.07, 6.45) is 3.20. The van der Waals surface area contributed by atoms with Crippen molar-refractivity contribution in [1.82, 2.24) is 25.1 Å². The number of anilines is 1. The molecule has 4 aromatic rings. The molecule has 0 fully saturated rings. The van der Waals surface area contributed by atoms with Crippen molar-refractivity contribution in [3.8, 4) is 11.1 Å². The van der Waals surface area contributed by atoms with E-state index in [-0.39, 0.29) is 11.9 Å². The van der Waals surface area contributed by atoms with Crippen molar-refractivity contribution in [2.24, 2.45) is 0 Å². The Hall–Kier alpha value is -3.39. The molecule has 4 rings (SSSR count). The lowest BCUT2D eigenvalue weighted by Gasteiger charge is -2.12. The number of fused-ring (bicyclic) bond motifs is 1. The van der Waals surface area contributed by atoms with E-state index in [1.165, 1.54) is 5.56 Å². The van der Waals surface area contributed by atoms with Crippen LogP contribution in [0.5, 0.6) is 0 Å². The van der Waals surface area contributed by atoms with Crippen LogP contribution in [0.3, 0.4) is 0 Å². The molecule has 7 nitrogen and oxygen atoms in total. The zero-order chi connectivity index (χ0) is 24.6. The molecule has 2 aromatic carbocycles. The highest BCUT2D eigenvalue weighted by atomic mass is 32.2. The highest BCUT2D eigenvalue weighted by Crippen LogP contribution is 2.25. The lowest BCUT2D eigenvalue weighted by atomic mass is 10.0. The van der Waals surface area contributed by atoms with E-state index in [4.69, 9.17) is 9.97 Å². The van der Waals surface area contributed by atoms with Crippen LogP contribution in [0.1, 0.15) is 32.8 Å². The summed E-state index contributed by atoms with van der Waals surface area (Å²) in [6, 6.07) is 18.6. The van der Waals surface area contributed by atoms with E-state index in [0.717, 1.165) is 45.3 Å². The quantitative estimate of drug-likeness (QED) is 0.224. The van der Waals surface area contributed by atoms with Crippen LogP contribution in [0.4, 0.5) is 5.82 Å². The number of nitrogens with one attached hydrogen (secondary N) is 2. The Morgan fingerprint density at radius 2 is 1.77 bits per heavy atom. The SMILES string of the molecule is CCCSc1nc(NC(C)C)c2cnn(CCNC(=O)Cc3ccc(-c4ccccc4)cc3)c2n1. The number of thioether (sulfide) groups is 1. The van der Waals surface area contributed by atoms with Gasteiger partial charge in [-0.3, -0.25) is 4.79 Å². The maximum Gasteiger partial charge on any atom is 0.224 e.